The number of aromatic nitrogens is 1. The predicted molar refractivity (Wildman–Crippen MR) is 78.6 cm³/mol. The number of rotatable bonds is 2. The number of hydrogen-bond acceptors (Lipinski definition) is 1. The van der Waals surface area contributed by atoms with E-state index in [2.05, 4.69) is 26.3 Å². The third-order valence-corrected chi connectivity index (χ3v) is 2.72. The first kappa shape index (κ1) is 15.0. The maximum absolute atomic E-state index is 4.65. The van der Waals surface area contributed by atoms with Crippen LogP contribution in [0, 0.1) is 12.1 Å². The summed E-state index contributed by atoms with van der Waals surface area (Å²) in [6.45, 7) is 0. The Kier molecular flexibility index (Phi) is 6.03. The quantitative estimate of drug-likeness (QED) is 0.398. The van der Waals surface area contributed by atoms with E-state index in [1.165, 1.54) is 0 Å². The van der Waals surface area contributed by atoms with Crippen molar-refractivity contribution in [2.75, 3.05) is 0 Å². The van der Waals surface area contributed by atoms with Gasteiger partial charge >= 0.3 is 29.2 Å². The monoisotopic (exact) mass is 461 g/mol. The van der Waals surface area contributed by atoms with Crippen molar-refractivity contribution in [3.05, 3.63) is 78.9 Å². The van der Waals surface area contributed by atoms with Crippen molar-refractivity contribution in [1.82, 2.24) is 4.98 Å². The van der Waals surface area contributed by atoms with E-state index >= 15 is 0 Å². The van der Waals surface area contributed by atoms with Crippen LogP contribution in [0.2, 0.25) is 0 Å². The molecule has 3 heteroatoms. The molecule has 0 aliphatic carbocycles. The zero-order valence-corrected chi connectivity index (χ0v) is 13.4. The van der Waals surface area contributed by atoms with Gasteiger partial charge in [-0.1, -0.05) is 18.2 Å². The van der Waals surface area contributed by atoms with Gasteiger partial charge in [-0.05, 0) is 11.4 Å². The maximum Gasteiger partial charge on any atom is -0.0227 e. The van der Waals surface area contributed by atoms with Gasteiger partial charge in [-0.15, -0.1) is 71.8 Å². The van der Waals surface area contributed by atoms with Crippen LogP contribution >= 0.6 is 9.19 Å². The Morgan fingerprint density at radius 2 is 1.20 bits per heavy atom. The average molecular weight is 462 g/mol. The molecule has 2 aromatic carbocycles. The molecule has 0 radical (unpaired) electrons. The second kappa shape index (κ2) is 8.03. The van der Waals surface area contributed by atoms with Gasteiger partial charge in [-0.2, -0.15) is 0 Å². The van der Waals surface area contributed by atoms with Crippen molar-refractivity contribution in [3.63, 3.8) is 0 Å². The largest absolute Gasteiger partial charge is 0.345 e. The van der Waals surface area contributed by atoms with Crippen LogP contribution in [0.3, 0.4) is 0 Å². The Bertz CT molecular complexity index is 587. The minimum atomic E-state index is 0.936. The summed E-state index contributed by atoms with van der Waals surface area (Å²) in [7, 11) is 4.58. The first-order valence-corrected chi connectivity index (χ1v) is 8.64. The van der Waals surface area contributed by atoms with E-state index in [1.807, 2.05) is 66.7 Å². The summed E-state index contributed by atoms with van der Waals surface area (Å²) < 4.78 is 0. The third-order valence-electron chi connectivity index (χ3n) is 2.72. The molecule has 0 bridgehead atoms. The minimum absolute atomic E-state index is 0.936. The fourth-order valence-electron chi connectivity index (χ4n) is 1.84. The van der Waals surface area contributed by atoms with Crippen molar-refractivity contribution in [2.45, 2.75) is 0 Å². The van der Waals surface area contributed by atoms with Crippen LogP contribution in [-0.2, 0) is 20.0 Å². The van der Waals surface area contributed by atoms with E-state index in [-0.39, 0.29) is 0 Å². The molecule has 0 atom stereocenters. The van der Waals surface area contributed by atoms with E-state index in [1.54, 1.807) is 20.0 Å². The fourth-order valence-corrected chi connectivity index (χ4v) is 1.84. The summed E-state index contributed by atoms with van der Waals surface area (Å²) in [5.74, 6) is 0. The summed E-state index contributed by atoms with van der Waals surface area (Å²) in [6, 6.07) is 28.1. The second-order valence-corrected chi connectivity index (χ2v) is 3.96. The van der Waals surface area contributed by atoms with Crippen LogP contribution in [-0.4, -0.2) is 4.98 Å². The van der Waals surface area contributed by atoms with Crippen molar-refractivity contribution in [3.8, 4) is 22.5 Å². The molecule has 0 aliphatic rings. The summed E-state index contributed by atoms with van der Waals surface area (Å²) in [4.78, 5) is 4.65. The van der Waals surface area contributed by atoms with Gasteiger partial charge in [0.05, 0.1) is 0 Å². The zero-order chi connectivity index (χ0) is 14.2. The molecule has 104 valence electrons. The van der Waals surface area contributed by atoms with Gasteiger partial charge < -0.3 is 4.98 Å². The van der Waals surface area contributed by atoms with Crippen LogP contribution in [0.5, 0.6) is 0 Å². The van der Waals surface area contributed by atoms with Crippen LogP contribution in [0.15, 0.2) is 66.7 Å². The number of hydrogen-bond donors (Lipinski definition) is 0. The second-order valence-electron chi connectivity index (χ2n) is 3.96. The van der Waals surface area contributed by atoms with Crippen LogP contribution in [0.1, 0.15) is 0 Å². The van der Waals surface area contributed by atoms with Crippen molar-refractivity contribution >= 4 is 9.19 Å². The molecule has 0 unspecified atom stereocenters. The molecule has 20 heavy (non-hydrogen) atoms. The van der Waals surface area contributed by atoms with Crippen molar-refractivity contribution in [1.29, 1.82) is 0 Å². The summed E-state index contributed by atoms with van der Waals surface area (Å²) >= 11 is 1.75. The average Bonchev–Trinajstić information content (AvgIpc) is 2.58. The third kappa shape index (κ3) is 3.81. The van der Waals surface area contributed by atoms with Gasteiger partial charge in [0.2, 0.25) is 0 Å². The standard InChI is InChI=1S/C17H11N.Au.ClH/c1-3-8-14(9-4-1)16-12-7-13-17(18-16)15-10-5-2-6-11-15;;/h1-8,10,12-13H;;1H/q-2;+1;/p-1. The Balaban J connectivity index is 0.000000704. The van der Waals surface area contributed by atoms with Crippen molar-refractivity contribution < 1.29 is 20.0 Å². The molecular formula is C17H11AuClN-2. The molecule has 0 aliphatic heterocycles. The topological polar surface area (TPSA) is 12.9 Å². The van der Waals surface area contributed by atoms with Crippen LogP contribution < -0.4 is 0 Å². The van der Waals surface area contributed by atoms with Gasteiger partial charge in [0.1, 0.15) is 0 Å². The van der Waals surface area contributed by atoms with Crippen molar-refractivity contribution in [2.24, 2.45) is 0 Å². The molecule has 1 heterocycles. The molecule has 0 saturated carbocycles. The smallest absolute Gasteiger partial charge is 0.0227 e. The Hall–Kier alpha value is -1.38. The first-order valence-electron chi connectivity index (χ1n) is 5.96. The van der Waals surface area contributed by atoms with E-state index in [0.29, 0.717) is 0 Å². The number of pyridine rings is 1. The zero-order valence-electron chi connectivity index (χ0n) is 10.5. The molecule has 0 amide bonds. The molecule has 0 N–H and O–H groups in total. The molecule has 3 aromatic rings. The molecule has 3 rings (SSSR count). The number of halogens is 1. The summed E-state index contributed by atoms with van der Waals surface area (Å²) in [5.41, 5.74) is 3.89. The van der Waals surface area contributed by atoms with E-state index < -0.39 is 0 Å². The summed E-state index contributed by atoms with van der Waals surface area (Å²) in [6.07, 6.45) is 0. The summed E-state index contributed by atoms with van der Waals surface area (Å²) in [5, 5.41) is 0. The number of nitrogens with zero attached hydrogens (tertiary/aromatic N) is 1. The van der Waals surface area contributed by atoms with Gasteiger partial charge in [-0.25, -0.2) is 0 Å². The molecule has 0 spiro atoms. The maximum atomic E-state index is 4.65. The van der Waals surface area contributed by atoms with Gasteiger partial charge in [-0.3, -0.25) is 0 Å². The molecular weight excluding hydrogens is 451 g/mol. The van der Waals surface area contributed by atoms with E-state index in [4.69, 9.17) is 0 Å². The minimum Gasteiger partial charge on any atom is -0.345 e. The van der Waals surface area contributed by atoms with E-state index in [9.17, 15) is 0 Å². The molecule has 0 fully saturated rings. The molecule has 0 saturated heterocycles. The number of benzene rings is 2. The molecule has 1 nitrogen and oxygen atoms in total. The van der Waals surface area contributed by atoms with Gasteiger partial charge in [0.15, 0.2) is 0 Å². The normalized spacial score (nSPS) is 9.55. The first-order chi connectivity index (χ1) is 9.93. The fraction of sp³-hybridized carbons (Fsp3) is 0. The Morgan fingerprint density at radius 3 is 1.60 bits per heavy atom. The molecule has 1 aromatic heterocycles. The predicted octanol–water partition coefficient (Wildman–Crippen LogP) is 4.70. The van der Waals surface area contributed by atoms with Crippen LogP contribution in [0.25, 0.3) is 22.5 Å². The Morgan fingerprint density at radius 1 is 0.700 bits per heavy atom. The van der Waals surface area contributed by atoms with E-state index in [0.717, 1.165) is 22.5 Å². The SMILES string of the molecule is [Cl][Au].[c-]1ccccc1-c1cccc(-c2[c-]cccc2)n1. The van der Waals surface area contributed by atoms with Crippen LogP contribution in [0.4, 0.5) is 0 Å². The van der Waals surface area contributed by atoms with Gasteiger partial charge in [0, 0.05) is 0 Å². The Labute approximate surface area is 135 Å². The van der Waals surface area contributed by atoms with Gasteiger partial charge in [0.25, 0.3) is 0 Å².